The van der Waals surface area contributed by atoms with Gasteiger partial charge in [-0.3, -0.25) is 9.89 Å². The normalized spacial score (nSPS) is 19.4. The second kappa shape index (κ2) is 10.9. The van der Waals surface area contributed by atoms with E-state index in [1.807, 2.05) is 24.5 Å². The molecule has 2 N–H and O–H groups in total. The molecule has 1 aromatic carbocycles. The van der Waals surface area contributed by atoms with Crippen molar-refractivity contribution in [3.05, 3.63) is 47.3 Å². The Balaban J connectivity index is 1.35. The van der Waals surface area contributed by atoms with Gasteiger partial charge in [-0.05, 0) is 62.4 Å². The van der Waals surface area contributed by atoms with Crippen molar-refractivity contribution in [2.75, 3.05) is 51.8 Å². The van der Waals surface area contributed by atoms with Crippen LogP contribution in [0.2, 0.25) is 0 Å². The van der Waals surface area contributed by atoms with Crippen molar-refractivity contribution < 1.29 is 4.74 Å². The summed E-state index contributed by atoms with van der Waals surface area (Å²) < 4.78 is 5.68. The Morgan fingerprint density at radius 1 is 1.13 bits per heavy atom. The lowest BCUT2D eigenvalue weighted by atomic mass is 10.0. The summed E-state index contributed by atoms with van der Waals surface area (Å²) in [6.07, 6.45) is 4.78. The molecule has 0 saturated carbocycles. The number of guanidine groups is 1. The maximum absolute atomic E-state index is 5.68. The van der Waals surface area contributed by atoms with E-state index >= 15 is 0 Å². The van der Waals surface area contributed by atoms with Crippen LogP contribution in [0.25, 0.3) is 0 Å². The third kappa shape index (κ3) is 5.52. The Bertz CT molecular complexity index is 826. The topological polar surface area (TPSA) is 52.1 Å². The molecule has 2 aliphatic heterocycles. The summed E-state index contributed by atoms with van der Waals surface area (Å²) in [6, 6.07) is 13.5. The zero-order chi connectivity index (χ0) is 21.5. The molecule has 2 saturated heterocycles. The van der Waals surface area contributed by atoms with E-state index in [9.17, 15) is 0 Å². The second-order valence-electron chi connectivity index (χ2n) is 8.31. The minimum Gasteiger partial charge on any atom is -0.496 e. The summed E-state index contributed by atoms with van der Waals surface area (Å²) in [5, 5.41) is 10.8. The van der Waals surface area contributed by atoms with Gasteiger partial charge in [0, 0.05) is 38.3 Å². The minimum absolute atomic E-state index is 0.276. The number of thiophene rings is 1. The van der Waals surface area contributed by atoms with E-state index in [4.69, 9.17) is 4.74 Å². The van der Waals surface area contributed by atoms with Crippen LogP contribution in [0.4, 0.5) is 5.00 Å². The van der Waals surface area contributed by atoms with Crippen LogP contribution >= 0.6 is 11.3 Å². The molecule has 1 aromatic heterocycles. The van der Waals surface area contributed by atoms with Crippen LogP contribution in [0.5, 0.6) is 5.75 Å². The number of nitrogens with zero attached hydrogens (tertiary/aromatic N) is 3. The van der Waals surface area contributed by atoms with Crippen LogP contribution in [0.1, 0.15) is 37.3 Å². The molecule has 2 fully saturated rings. The molecule has 6 nitrogen and oxygen atoms in total. The molecule has 168 valence electrons. The predicted octanol–water partition coefficient (Wildman–Crippen LogP) is 3.73. The number of para-hydroxylation sites is 1. The number of ether oxygens (including phenoxy) is 1. The number of hydrogen-bond acceptors (Lipinski definition) is 5. The summed E-state index contributed by atoms with van der Waals surface area (Å²) in [5.74, 6) is 1.86. The fourth-order valence-electron chi connectivity index (χ4n) is 4.71. The van der Waals surface area contributed by atoms with Crippen LogP contribution in [0.3, 0.4) is 0 Å². The average molecular weight is 442 g/mol. The maximum Gasteiger partial charge on any atom is 0.191 e. The highest BCUT2D eigenvalue weighted by molar-refractivity contribution is 7.14. The molecule has 3 heterocycles. The number of likely N-dealkylation sites (tertiary alicyclic amines) is 1. The Kier molecular flexibility index (Phi) is 7.70. The number of anilines is 1. The minimum atomic E-state index is 0.276. The van der Waals surface area contributed by atoms with E-state index in [1.165, 1.54) is 23.4 Å². The van der Waals surface area contributed by atoms with Crippen LogP contribution < -0.4 is 20.3 Å². The van der Waals surface area contributed by atoms with Crippen LogP contribution in [0.15, 0.2) is 46.8 Å². The molecule has 31 heavy (non-hydrogen) atoms. The maximum atomic E-state index is 5.68. The van der Waals surface area contributed by atoms with Gasteiger partial charge in [0.15, 0.2) is 5.96 Å². The lowest BCUT2D eigenvalue weighted by molar-refractivity contribution is 0.239. The van der Waals surface area contributed by atoms with Crippen LogP contribution in [-0.2, 0) is 0 Å². The van der Waals surface area contributed by atoms with Gasteiger partial charge in [-0.15, -0.1) is 11.3 Å². The van der Waals surface area contributed by atoms with Gasteiger partial charge in [0.05, 0.1) is 18.2 Å². The summed E-state index contributed by atoms with van der Waals surface area (Å²) in [6.45, 7) is 5.27. The van der Waals surface area contributed by atoms with Crippen LogP contribution in [0, 0.1) is 0 Å². The number of nitrogens with one attached hydrogen (secondary N) is 2. The van der Waals surface area contributed by atoms with Crippen LogP contribution in [-0.4, -0.2) is 63.8 Å². The third-order valence-electron chi connectivity index (χ3n) is 6.42. The van der Waals surface area contributed by atoms with E-state index in [2.05, 4.69) is 61.1 Å². The molecular weight excluding hydrogens is 406 g/mol. The summed E-state index contributed by atoms with van der Waals surface area (Å²) in [7, 11) is 3.63. The fraction of sp³-hybridized carbons (Fsp3) is 0.542. The number of rotatable bonds is 7. The zero-order valence-corrected chi connectivity index (χ0v) is 19.5. The third-order valence-corrected chi connectivity index (χ3v) is 7.35. The summed E-state index contributed by atoms with van der Waals surface area (Å²) in [4.78, 5) is 9.58. The van der Waals surface area contributed by atoms with Crippen molar-refractivity contribution in [3.63, 3.8) is 0 Å². The van der Waals surface area contributed by atoms with Gasteiger partial charge in [-0.25, -0.2) is 0 Å². The molecule has 2 aliphatic rings. The van der Waals surface area contributed by atoms with E-state index in [0.717, 1.165) is 57.3 Å². The van der Waals surface area contributed by atoms with Crippen molar-refractivity contribution in [2.45, 2.75) is 37.8 Å². The first kappa shape index (κ1) is 22.0. The van der Waals surface area contributed by atoms with Crippen molar-refractivity contribution in [1.82, 2.24) is 15.5 Å². The summed E-state index contributed by atoms with van der Waals surface area (Å²) >= 11 is 1.83. The number of piperidine rings is 1. The lowest BCUT2D eigenvalue weighted by Gasteiger charge is -2.34. The fourth-order valence-corrected chi connectivity index (χ4v) is 5.49. The smallest absolute Gasteiger partial charge is 0.191 e. The number of hydrogen-bond donors (Lipinski definition) is 2. The Hall–Kier alpha value is -2.25. The van der Waals surface area contributed by atoms with Gasteiger partial charge < -0.3 is 20.3 Å². The molecule has 7 heteroatoms. The summed E-state index contributed by atoms with van der Waals surface area (Å²) in [5.41, 5.74) is 1.25. The number of benzene rings is 1. The quantitative estimate of drug-likeness (QED) is 0.507. The number of methoxy groups -OCH3 is 1. The molecule has 1 atom stereocenters. The van der Waals surface area contributed by atoms with Crippen molar-refractivity contribution in [3.8, 4) is 5.75 Å². The number of aliphatic imine (C=N–C) groups is 1. The highest BCUT2D eigenvalue weighted by atomic mass is 32.1. The lowest BCUT2D eigenvalue weighted by Crippen LogP contribution is -2.50. The average Bonchev–Trinajstić information content (AvgIpc) is 3.54. The Morgan fingerprint density at radius 3 is 2.58 bits per heavy atom. The Labute approximate surface area is 190 Å². The standard InChI is InChI=1S/C24H35N5OS/c1-25-24(27-19-11-15-29(16-12-19)23-10-7-17-31-23)26-18-21(28-13-5-6-14-28)20-8-3-4-9-22(20)30-2/h3-4,7-10,17,19,21H,5-6,11-16,18H2,1-2H3,(H2,25,26,27). The highest BCUT2D eigenvalue weighted by Gasteiger charge is 2.26. The van der Waals surface area contributed by atoms with Gasteiger partial charge >= 0.3 is 0 Å². The zero-order valence-electron chi connectivity index (χ0n) is 18.7. The molecule has 0 aliphatic carbocycles. The van der Waals surface area contributed by atoms with E-state index in [1.54, 1.807) is 7.11 Å². The predicted molar refractivity (Wildman–Crippen MR) is 131 cm³/mol. The van der Waals surface area contributed by atoms with Gasteiger partial charge in [0.2, 0.25) is 0 Å². The van der Waals surface area contributed by atoms with Gasteiger partial charge in [-0.1, -0.05) is 18.2 Å². The molecule has 0 amide bonds. The van der Waals surface area contributed by atoms with Crippen molar-refractivity contribution in [1.29, 1.82) is 0 Å². The molecular formula is C24H35N5OS. The highest BCUT2D eigenvalue weighted by Crippen LogP contribution is 2.31. The van der Waals surface area contributed by atoms with E-state index < -0.39 is 0 Å². The molecule has 0 bridgehead atoms. The van der Waals surface area contributed by atoms with E-state index in [0.29, 0.717) is 6.04 Å². The van der Waals surface area contributed by atoms with Crippen molar-refractivity contribution >= 4 is 22.3 Å². The first-order valence-corrected chi connectivity index (χ1v) is 12.3. The largest absolute Gasteiger partial charge is 0.496 e. The first-order chi connectivity index (χ1) is 15.3. The molecule has 4 rings (SSSR count). The van der Waals surface area contributed by atoms with E-state index in [-0.39, 0.29) is 6.04 Å². The van der Waals surface area contributed by atoms with Gasteiger partial charge in [-0.2, -0.15) is 0 Å². The van der Waals surface area contributed by atoms with Gasteiger partial charge in [0.1, 0.15) is 5.75 Å². The van der Waals surface area contributed by atoms with Crippen molar-refractivity contribution in [2.24, 2.45) is 4.99 Å². The first-order valence-electron chi connectivity index (χ1n) is 11.4. The monoisotopic (exact) mass is 441 g/mol. The molecule has 2 aromatic rings. The second-order valence-corrected chi connectivity index (χ2v) is 9.24. The molecule has 0 radical (unpaired) electrons. The molecule has 0 spiro atoms. The SMILES string of the molecule is CN=C(NCC(c1ccccc1OC)N1CCCC1)NC1CCN(c2cccs2)CC1. The molecule has 1 unspecified atom stereocenters. The van der Waals surface area contributed by atoms with Gasteiger partial charge in [0.25, 0.3) is 0 Å². The Morgan fingerprint density at radius 2 is 1.90 bits per heavy atom.